The van der Waals surface area contributed by atoms with E-state index in [0.29, 0.717) is 11.7 Å². The predicted molar refractivity (Wildman–Crippen MR) is 97.2 cm³/mol. The second kappa shape index (κ2) is 5.92. The summed E-state index contributed by atoms with van der Waals surface area (Å²) in [4.78, 5) is 10.9. The lowest BCUT2D eigenvalue weighted by Gasteiger charge is -2.38. The Hall–Kier alpha value is -2.82. The molecule has 5 heteroatoms. The molecule has 0 saturated carbocycles. The van der Waals surface area contributed by atoms with Crippen LogP contribution in [-0.2, 0) is 0 Å². The molecule has 0 unspecified atom stereocenters. The van der Waals surface area contributed by atoms with E-state index in [2.05, 4.69) is 48.7 Å². The summed E-state index contributed by atoms with van der Waals surface area (Å²) >= 11 is 0. The first-order valence-electron chi connectivity index (χ1n) is 8.44. The van der Waals surface area contributed by atoms with Crippen LogP contribution in [0.3, 0.4) is 0 Å². The standard InChI is InChI=1S/C20H20N2O3/c1-12-6-8-13(9-7-12)19-16-5-3-4-15(16)17-10-14(22(23)24)11-18(25-2)20(17)21-19/h3-4,6-11,15-16,19,21H,5H2,1-2H3/t15-,16-,19+/m0/s1. The predicted octanol–water partition coefficient (Wildman–Crippen LogP) is 4.74. The van der Waals surface area contributed by atoms with Crippen molar-refractivity contribution >= 4 is 11.4 Å². The van der Waals surface area contributed by atoms with Crippen LogP contribution in [0.25, 0.3) is 0 Å². The summed E-state index contributed by atoms with van der Waals surface area (Å²) < 4.78 is 5.46. The summed E-state index contributed by atoms with van der Waals surface area (Å²) in [5.41, 5.74) is 4.36. The summed E-state index contributed by atoms with van der Waals surface area (Å²) in [6.07, 6.45) is 5.31. The van der Waals surface area contributed by atoms with Crippen LogP contribution < -0.4 is 10.1 Å². The van der Waals surface area contributed by atoms with Gasteiger partial charge in [-0.15, -0.1) is 0 Å². The molecule has 3 atom stereocenters. The summed E-state index contributed by atoms with van der Waals surface area (Å²) in [6, 6.07) is 11.9. The molecule has 2 aromatic carbocycles. The van der Waals surface area contributed by atoms with Gasteiger partial charge in [-0.25, -0.2) is 0 Å². The highest BCUT2D eigenvalue weighted by Crippen LogP contribution is 2.53. The zero-order chi connectivity index (χ0) is 17.6. The third-order valence-corrected chi connectivity index (χ3v) is 5.28. The van der Waals surface area contributed by atoms with E-state index in [1.807, 2.05) is 0 Å². The zero-order valence-electron chi connectivity index (χ0n) is 14.2. The minimum atomic E-state index is -0.359. The quantitative estimate of drug-likeness (QED) is 0.499. The number of aryl methyl sites for hydroxylation is 1. The molecule has 4 rings (SSSR count). The molecule has 0 bridgehead atoms. The van der Waals surface area contributed by atoms with Gasteiger partial charge in [-0.1, -0.05) is 42.0 Å². The minimum absolute atomic E-state index is 0.0743. The van der Waals surface area contributed by atoms with E-state index in [-0.39, 0.29) is 22.6 Å². The summed E-state index contributed by atoms with van der Waals surface area (Å²) in [6.45, 7) is 2.08. The Bertz CT molecular complexity index is 858. The van der Waals surface area contributed by atoms with Crippen LogP contribution in [-0.4, -0.2) is 12.0 Å². The molecule has 25 heavy (non-hydrogen) atoms. The summed E-state index contributed by atoms with van der Waals surface area (Å²) in [5.74, 6) is 1.04. The second-order valence-electron chi connectivity index (χ2n) is 6.76. The number of nitrogens with one attached hydrogen (secondary N) is 1. The number of non-ortho nitro benzene ring substituents is 1. The molecule has 0 aromatic heterocycles. The van der Waals surface area contributed by atoms with Gasteiger partial charge >= 0.3 is 0 Å². The third kappa shape index (κ3) is 2.56. The minimum Gasteiger partial charge on any atom is -0.494 e. The molecule has 0 amide bonds. The number of ether oxygens (including phenoxy) is 1. The van der Waals surface area contributed by atoms with Gasteiger partial charge in [0.25, 0.3) is 5.69 Å². The summed E-state index contributed by atoms with van der Waals surface area (Å²) in [7, 11) is 1.55. The van der Waals surface area contributed by atoms with Crippen LogP contribution in [0.1, 0.15) is 35.1 Å². The van der Waals surface area contributed by atoms with Crippen molar-refractivity contribution in [2.24, 2.45) is 5.92 Å². The van der Waals surface area contributed by atoms with Crippen molar-refractivity contribution in [3.8, 4) is 5.75 Å². The highest BCUT2D eigenvalue weighted by molar-refractivity contribution is 5.71. The fourth-order valence-electron chi connectivity index (χ4n) is 4.02. The molecule has 0 radical (unpaired) electrons. The smallest absolute Gasteiger partial charge is 0.273 e. The van der Waals surface area contributed by atoms with Crippen molar-refractivity contribution in [2.45, 2.75) is 25.3 Å². The highest BCUT2D eigenvalue weighted by Gasteiger charge is 2.40. The number of nitrogens with zero attached hydrogens (tertiary/aromatic N) is 1. The lowest BCUT2D eigenvalue weighted by atomic mass is 9.76. The van der Waals surface area contributed by atoms with E-state index in [9.17, 15) is 10.1 Å². The van der Waals surface area contributed by atoms with Gasteiger partial charge in [0, 0.05) is 12.0 Å². The molecule has 1 heterocycles. The highest BCUT2D eigenvalue weighted by atomic mass is 16.6. The van der Waals surface area contributed by atoms with Gasteiger partial charge in [0.15, 0.2) is 0 Å². The van der Waals surface area contributed by atoms with Crippen molar-refractivity contribution < 1.29 is 9.66 Å². The monoisotopic (exact) mass is 336 g/mol. The number of nitro groups is 1. The van der Waals surface area contributed by atoms with Crippen molar-refractivity contribution in [3.05, 3.63) is 75.4 Å². The van der Waals surface area contributed by atoms with Crippen molar-refractivity contribution in [3.63, 3.8) is 0 Å². The SMILES string of the molecule is COc1cc([N+](=O)[O-])cc2c1N[C@H](c1ccc(C)cc1)[C@H]1CC=C[C@H]21. The van der Waals surface area contributed by atoms with Crippen LogP contribution in [0.4, 0.5) is 11.4 Å². The van der Waals surface area contributed by atoms with Crippen LogP contribution in [0.5, 0.6) is 5.75 Å². The van der Waals surface area contributed by atoms with Gasteiger partial charge in [-0.2, -0.15) is 0 Å². The Morgan fingerprint density at radius 1 is 1.24 bits per heavy atom. The first-order valence-corrected chi connectivity index (χ1v) is 8.44. The van der Waals surface area contributed by atoms with Gasteiger partial charge in [0.2, 0.25) is 0 Å². The zero-order valence-corrected chi connectivity index (χ0v) is 14.2. The number of allylic oxidation sites excluding steroid dienone is 2. The normalized spacial score (nSPS) is 23.5. The van der Waals surface area contributed by atoms with E-state index in [1.165, 1.54) is 17.2 Å². The number of hydrogen-bond acceptors (Lipinski definition) is 4. The van der Waals surface area contributed by atoms with Crippen LogP contribution in [0.2, 0.25) is 0 Å². The second-order valence-corrected chi connectivity index (χ2v) is 6.76. The van der Waals surface area contributed by atoms with Gasteiger partial charge in [-0.3, -0.25) is 10.1 Å². The lowest BCUT2D eigenvalue weighted by Crippen LogP contribution is -2.29. The molecule has 0 fully saturated rings. The van der Waals surface area contributed by atoms with Crippen LogP contribution in [0, 0.1) is 23.0 Å². The fraction of sp³-hybridized carbons (Fsp3) is 0.300. The average Bonchev–Trinajstić information content (AvgIpc) is 3.10. The van der Waals surface area contributed by atoms with E-state index in [1.54, 1.807) is 13.2 Å². The first kappa shape index (κ1) is 15.7. The lowest BCUT2D eigenvalue weighted by molar-refractivity contribution is -0.385. The van der Waals surface area contributed by atoms with Gasteiger partial charge in [0.1, 0.15) is 5.75 Å². The molecule has 5 nitrogen and oxygen atoms in total. The van der Waals surface area contributed by atoms with E-state index >= 15 is 0 Å². The van der Waals surface area contributed by atoms with Crippen molar-refractivity contribution in [1.29, 1.82) is 0 Å². The van der Waals surface area contributed by atoms with Crippen molar-refractivity contribution in [2.75, 3.05) is 12.4 Å². The number of methoxy groups -OCH3 is 1. The molecule has 128 valence electrons. The Labute approximate surface area is 146 Å². The fourth-order valence-corrected chi connectivity index (χ4v) is 4.02. The van der Waals surface area contributed by atoms with Crippen molar-refractivity contribution in [1.82, 2.24) is 0 Å². The van der Waals surface area contributed by atoms with E-state index in [4.69, 9.17) is 4.74 Å². The van der Waals surface area contributed by atoms with Crippen LogP contribution in [0.15, 0.2) is 48.6 Å². The molecular weight excluding hydrogens is 316 g/mol. The van der Waals surface area contributed by atoms with E-state index in [0.717, 1.165) is 17.7 Å². The number of rotatable bonds is 3. The number of anilines is 1. The molecule has 1 aliphatic carbocycles. The molecule has 2 aromatic rings. The first-order chi connectivity index (χ1) is 12.1. The largest absolute Gasteiger partial charge is 0.494 e. The Kier molecular flexibility index (Phi) is 3.71. The van der Waals surface area contributed by atoms with Gasteiger partial charge in [0.05, 0.1) is 29.8 Å². The average molecular weight is 336 g/mol. The topological polar surface area (TPSA) is 64.4 Å². The molecule has 1 aliphatic heterocycles. The maximum Gasteiger partial charge on any atom is 0.273 e. The molecule has 0 saturated heterocycles. The number of benzene rings is 2. The van der Waals surface area contributed by atoms with Gasteiger partial charge < -0.3 is 10.1 Å². The number of hydrogen-bond donors (Lipinski definition) is 1. The summed E-state index contributed by atoms with van der Waals surface area (Å²) in [5, 5.41) is 14.9. The Morgan fingerprint density at radius 3 is 2.68 bits per heavy atom. The molecule has 0 spiro atoms. The van der Waals surface area contributed by atoms with E-state index < -0.39 is 0 Å². The number of nitro benzene ring substituents is 1. The Morgan fingerprint density at radius 2 is 2.00 bits per heavy atom. The Balaban J connectivity index is 1.84. The molecule has 1 N–H and O–H groups in total. The van der Waals surface area contributed by atoms with Crippen LogP contribution >= 0.6 is 0 Å². The maximum atomic E-state index is 11.3. The maximum absolute atomic E-state index is 11.3. The third-order valence-electron chi connectivity index (χ3n) is 5.28. The molecular formula is C20H20N2O3. The number of fused-ring (bicyclic) bond motifs is 3. The molecule has 2 aliphatic rings. The van der Waals surface area contributed by atoms with Gasteiger partial charge in [-0.05, 0) is 30.4 Å².